The Morgan fingerprint density at radius 3 is 3.00 bits per heavy atom. The van der Waals surface area contributed by atoms with Crippen LogP contribution in [0.15, 0.2) is 18.2 Å². The number of ether oxygens (including phenoxy) is 1. The van der Waals surface area contributed by atoms with E-state index in [1.54, 1.807) is 12.0 Å². The molecule has 3 N–H and O–H groups in total. The Bertz CT molecular complexity index is 602. The molecule has 1 aromatic carbocycles. The van der Waals surface area contributed by atoms with Crippen LogP contribution >= 0.6 is 0 Å². The number of carbonyl (C=O) groups excluding carboxylic acids is 2. The van der Waals surface area contributed by atoms with E-state index < -0.39 is 5.54 Å². The number of fused-ring (bicyclic) bond motifs is 1. The molecular weight excluding hydrogens is 270 g/mol. The van der Waals surface area contributed by atoms with Crippen LogP contribution < -0.4 is 15.8 Å². The molecule has 3 rings (SSSR count). The highest BCUT2D eigenvalue weighted by Crippen LogP contribution is 2.40. The lowest BCUT2D eigenvalue weighted by atomic mass is 9.91. The molecule has 2 aliphatic rings. The van der Waals surface area contributed by atoms with Gasteiger partial charge in [0, 0.05) is 13.1 Å². The van der Waals surface area contributed by atoms with E-state index in [1.165, 1.54) is 0 Å². The molecule has 1 aromatic rings. The fourth-order valence-electron chi connectivity index (χ4n) is 3.21. The zero-order chi connectivity index (χ0) is 15.0. The lowest BCUT2D eigenvalue weighted by Crippen LogP contribution is -2.58. The highest BCUT2D eigenvalue weighted by atomic mass is 16.5. The second kappa shape index (κ2) is 5.04. The quantitative estimate of drug-likeness (QED) is 0.786. The first-order chi connectivity index (χ1) is 10.1. The van der Waals surface area contributed by atoms with Gasteiger partial charge in [-0.2, -0.15) is 0 Å². The molecule has 1 aliphatic heterocycles. The van der Waals surface area contributed by atoms with Crippen LogP contribution in [-0.2, 0) is 21.5 Å². The maximum atomic E-state index is 12.8. The molecule has 1 aliphatic carbocycles. The number of nitrogens with two attached hydrogens (primary N) is 1. The summed E-state index contributed by atoms with van der Waals surface area (Å²) in [6.07, 6.45) is 1.25. The average Bonchev–Trinajstić information content (AvgIpc) is 2.85. The second-order valence-electron chi connectivity index (χ2n) is 5.53. The number of methoxy groups -OCH3 is 1. The summed E-state index contributed by atoms with van der Waals surface area (Å²) in [5, 5.41) is 2.71. The van der Waals surface area contributed by atoms with E-state index in [0.29, 0.717) is 25.9 Å². The largest absolute Gasteiger partial charge is 0.496 e. The Morgan fingerprint density at radius 2 is 2.29 bits per heavy atom. The molecule has 0 bridgehead atoms. The van der Waals surface area contributed by atoms with Gasteiger partial charge in [0.1, 0.15) is 11.3 Å². The molecule has 21 heavy (non-hydrogen) atoms. The predicted molar refractivity (Wildman–Crippen MR) is 76.8 cm³/mol. The van der Waals surface area contributed by atoms with E-state index in [-0.39, 0.29) is 18.4 Å². The van der Waals surface area contributed by atoms with Crippen LogP contribution in [-0.4, -0.2) is 43.5 Å². The summed E-state index contributed by atoms with van der Waals surface area (Å²) in [5.74, 6) is 0.454. The van der Waals surface area contributed by atoms with Crippen molar-refractivity contribution < 1.29 is 14.3 Å². The van der Waals surface area contributed by atoms with E-state index in [0.717, 1.165) is 16.9 Å². The molecule has 6 heteroatoms. The number of benzene rings is 1. The molecule has 1 atom stereocenters. The Morgan fingerprint density at radius 1 is 1.48 bits per heavy atom. The first-order valence-corrected chi connectivity index (χ1v) is 7.07. The fraction of sp³-hybridized carbons (Fsp3) is 0.467. The molecule has 1 saturated heterocycles. The van der Waals surface area contributed by atoms with Crippen LogP contribution in [0.25, 0.3) is 0 Å². The van der Waals surface area contributed by atoms with Crippen molar-refractivity contribution in [3.63, 3.8) is 0 Å². The monoisotopic (exact) mass is 289 g/mol. The Hall–Kier alpha value is -2.08. The number of amides is 2. The second-order valence-corrected chi connectivity index (χ2v) is 5.53. The van der Waals surface area contributed by atoms with Gasteiger partial charge in [0.25, 0.3) is 0 Å². The minimum atomic E-state index is -1.05. The van der Waals surface area contributed by atoms with Crippen molar-refractivity contribution in [2.24, 2.45) is 5.73 Å². The average molecular weight is 289 g/mol. The predicted octanol–water partition coefficient (Wildman–Crippen LogP) is -0.246. The van der Waals surface area contributed by atoms with Crippen molar-refractivity contribution in [1.82, 2.24) is 10.2 Å². The van der Waals surface area contributed by atoms with Gasteiger partial charge in [-0.1, -0.05) is 12.1 Å². The van der Waals surface area contributed by atoms with Crippen molar-refractivity contribution in [1.29, 1.82) is 0 Å². The summed E-state index contributed by atoms with van der Waals surface area (Å²) in [4.78, 5) is 25.8. The standard InChI is InChI=1S/C15H19N3O3/c1-21-12-4-2-3-11-10(12)5-6-15(11,16)14(20)18-8-7-17-13(19)9-18/h2-4H,5-9,16H2,1H3,(H,17,19). The summed E-state index contributed by atoms with van der Waals surface area (Å²) in [6.45, 7) is 1.06. The third kappa shape index (κ3) is 2.15. The first kappa shape index (κ1) is 13.9. The smallest absolute Gasteiger partial charge is 0.247 e. The Balaban J connectivity index is 1.93. The van der Waals surface area contributed by atoms with Gasteiger partial charge in [-0.05, 0) is 30.0 Å². The summed E-state index contributed by atoms with van der Waals surface area (Å²) in [7, 11) is 1.61. The van der Waals surface area contributed by atoms with E-state index in [9.17, 15) is 9.59 Å². The van der Waals surface area contributed by atoms with Gasteiger partial charge in [-0.15, -0.1) is 0 Å². The van der Waals surface area contributed by atoms with Gasteiger partial charge in [-0.25, -0.2) is 0 Å². The van der Waals surface area contributed by atoms with Crippen molar-refractivity contribution >= 4 is 11.8 Å². The minimum Gasteiger partial charge on any atom is -0.496 e. The third-order valence-corrected chi connectivity index (χ3v) is 4.31. The number of piperazine rings is 1. The lowest BCUT2D eigenvalue weighted by Gasteiger charge is -2.34. The summed E-state index contributed by atoms with van der Waals surface area (Å²) in [5.41, 5.74) is 7.20. The first-order valence-electron chi connectivity index (χ1n) is 7.07. The Kier molecular flexibility index (Phi) is 3.33. The van der Waals surface area contributed by atoms with Crippen LogP contribution in [0.3, 0.4) is 0 Å². The molecule has 0 radical (unpaired) electrons. The van der Waals surface area contributed by atoms with Crippen molar-refractivity contribution in [3.05, 3.63) is 29.3 Å². The number of carbonyl (C=O) groups is 2. The number of hydrogen-bond acceptors (Lipinski definition) is 4. The zero-order valence-electron chi connectivity index (χ0n) is 12.0. The van der Waals surface area contributed by atoms with Gasteiger partial charge in [0.05, 0.1) is 13.7 Å². The van der Waals surface area contributed by atoms with Gasteiger partial charge >= 0.3 is 0 Å². The van der Waals surface area contributed by atoms with Crippen molar-refractivity contribution in [2.45, 2.75) is 18.4 Å². The minimum absolute atomic E-state index is 0.0804. The third-order valence-electron chi connectivity index (χ3n) is 4.31. The molecule has 2 amide bonds. The summed E-state index contributed by atoms with van der Waals surface area (Å²) >= 11 is 0. The van der Waals surface area contributed by atoms with Gasteiger partial charge in [-0.3, -0.25) is 9.59 Å². The summed E-state index contributed by atoms with van der Waals surface area (Å²) in [6, 6.07) is 5.61. The molecule has 1 heterocycles. The topological polar surface area (TPSA) is 84.7 Å². The molecule has 0 spiro atoms. The SMILES string of the molecule is COc1cccc2c1CCC2(N)C(=O)N1CCNC(=O)C1. The maximum Gasteiger partial charge on any atom is 0.247 e. The van der Waals surface area contributed by atoms with Crippen LogP contribution in [0.4, 0.5) is 0 Å². The van der Waals surface area contributed by atoms with Crippen LogP contribution in [0.2, 0.25) is 0 Å². The van der Waals surface area contributed by atoms with Crippen LogP contribution in [0.1, 0.15) is 17.5 Å². The van der Waals surface area contributed by atoms with Crippen LogP contribution in [0, 0.1) is 0 Å². The van der Waals surface area contributed by atoms with Crippen molar-refractivity contribution in [2.75, 3.05) is 26.7 Å². The van der Waals surface area contributed by atoms with Gasteiger partial charge in [0.15, 0.2) is 0 Å². The Labute approximate surface area is 123 Å². The van der Waals surface area contributed by atoms with E-state index in [1.807, 2.05) is 18.2 Å². The number of rotatable bonds is 2. The summed E-state index contributed by atoms with van der Waals surface area (Å²) < 4.78 is 5.35. The molecule has 0 aromatic heterocycles. The fourth-order valence-corrected chi connectivity index (χ4v) is 3.21. The molecule has 1 unspecified atom stereocenters. The number of hydrogen-bond donors (Lipinski definition) is 2. The zero-order valence-corrected chi connectivity index (χ0v) is 12.0. The van der Waals surface area contributed by atoms with Crippen LogP contribution in [0.5, 0.6) is 5.75 Å². The normalized spacial score (nSPS) is 24.5. The van der Waals surface area contributed by atoms with Gasteiger partial charge < -0.3 is 20.7 Å². The number of nitrogens with zero attached hydrogens (tertiary/aromatic N) is 1. The molecule has 0 saturated carbocycles. The lowest BCUT2D eigenvalue weighted by molar-refractivity contribution is -0.142. The van der Waals surface area contributed by atoms with E-state index in [4.69, 9.17) is 10.5 Å². The van der Waals surface area contributed by atoms with Crippen molar-refractivity contribution in [3.8, 4) is 5.75 Å². The number of nitrogens with one attached hydrogen (secondary N) is 1. The molecule has 1 fully saturated rings. The molecule has 6 nitrogen and oxygen atoms in total. The highest BCUT2D eigenvalue weighted by molar-refractivity contribution is 5.93. The van der Waals surface area contributed by atoms with E-state index in [2.05, 4.69) is 5.32 Å². The van der Waals surface area contributed by atoms with E-state index >= 15 is 0 Å². The molecular formula is C15H19N3O3. The van der Waals surface area contributed by atoms with Gasteiger partial charge in [0.2, 0.25) is 11.8 Å². The highest BCUT2D eigenvalue weighted by Gasteiger charge is 2.45. The molecule has 112 valence electrons. The maximum absolute atomic E-state index is 12.8.